The summed E-state index contributed by atoms with van der Waals surface area (Å²) in [6.07, 6.45) is 2.10. The molecule has 0 radical (unpaired) electrons. The number of rotatable bonds is 3. The van der Waals surface area contributed by atoms with E-state index in [0.717, 1.165) is 32.5 Å². The number of sulfonamides is 1. The second-order valence-corrected chi connectivity index (χ2v) is 7.89. The maximum absolute atomic E-state index is 13.4. The molecule has 4 nitrogen and oxygen atoms in total. The Morgan fingerprint density at radius 1 is 1.19 bits per heavy atom. The summed E-state index contributed by atoms with van der Waals surface area (Å²) in [7, 11) is -3.60. The van der Waals surface area contributed by atoms with Crippen LogP contribution in [0, 0.1) is 25.6 Å². The summed E-state index contributed by atoms with van der Waals surface area (Å²) >= 11 is 0. The first-order chi connectivity index (χ1) is 9.87. The topological polar surface area (TPSA) is 49.4 Å². The fourth-order valence-corrected chi connectivity index (χ4v) is 5.43. The van der Waals surface area contributed by atoms with Crippen LogP contribution < -0.4 is 4.72 Å². The van der Waals surface area contributed by atoms with Crippen molar-refractivity contribution < 1.29 is 12.8 Å². The predicted molar refractivity (Wildman–Crippen MR) is 79.1 cm³/mol. The Bertz CT molecular complexity index is 629. The fraction of sp³-hybridized carbons (Fsp3) is 0.600. The van der Waals surface area contributed by atoms with E-state index in [4.69, 9.17) is 0 Å². The standard InChI is InChI=1S/C15H21FN2O2S/c1-10-7-13(16)8-11(2)15(10)21(19,20)17-14-9-18-5-3-12(14)4-6-18/h7-8,12,14,17H,3-6,9H2,1-2H3. The monoisotopic (exact) mass is 312 g/mol. The molecular formula is C15H21FN2O2S. The molecule has 0 saturated carbocycles. The number of nitrogens with one attached hydrogen (secondary N) is 1. The SMILES string of the molecule is Cc1cc(F)cc(C)c1S(=O)(=O)NC1CN2CCC1CC2. The van der Waals surface area contributed by atoms with Gasteiger partial charge in [0.05, 0.1) is 4.90 Å². The van der Waals surface area contributed by atoms with Crippen molar-refractivity contribution in [3.63, 3.8) is 0 Å². The number of fused-ring (bicyclic) bond motifs is 3. The molecule has 3 fully saturated rings. The number of hydrogen-bond donors (Lipinski definition) is 1. The first-order valence-electron chi connectivity index (χ1n) is 7.38. The van der Waals surface area contributed by atoms with Crippen LogP contribution in [0.3, 0.4) is 0 Å². The van der Waals surface area contributed by atoms with Gasteiger partial charge in [0, 0.05) is 12.6 Å². The number of nitrogens with zero attached hydrogens (tertiary/aromatic N) is 1. The number of benzene rings is 1. The number of halogens is 1. The number of hydrogen-bond acceptors (Lipinski definition) is 3. The third-order valence-corrected chi connectivity index (χ3v) is 6.45. The summed E-state index contributed by atoms with van der Waals surface area (Å²) in [5.74, 6) is 0.0256. The Morgan fingerprint density at radius 2 is 1.76 bits per heavy atom. The smallest absolute Gasteiger partial charge is 0.241 e. The lowest BCUT2D eigenvalue weighted by Crippen LogP contribution is -2.57. The van der Waals surface area contributed by atoms with Crippen LogP contribution in [0.2, 0.25) is 0 Å². The van der Waals surface area contributed by atoms with Gasteiger partial charge in [0.1, 0.15) is 5.82 Å². The van der Waals surface area contributed by atoms with Crippen molar-refractivity contribution in [3.8, 4) is 0 Å². The van der Waals surface area contributed by atoms with Crippen molar-refractivity contribution in [2.45, 2.75) is 37.6 Å². The lowest BCUT2D eigenvalue weighted by atomic mass is 9.85. The lowest BCUT2D eigenvalue weighted by molar-refractivity contribution is 0.0827. The molecule has 3 saturated heterocycles. The van der Waals surface area contributed by atoms with E-state index in [1.54, 1.807) is 13.8 Å². The summed E-state index contributed by atoms with van der Waals surface area (Å²) in [6, 6.07) is 2.53. The van der Waals surface area contributed by atoms with Gasteiger partial charge in [0.15, 0.2) is 0 Å². The molecule has 1 aromatic carbocycles. The van der Waals surface area contributed by atoms with E-state index in [-0.39, 0.29) is 10.9 Å². The molecule has 2 bridgehead atoms. The Labute approximate surface area is 125 Å². The summed E-state index contributed by atoms with van der Waals surface area (Å²) in [4.78, 5) is 2.53. The molecule has 1 N–H and O–H groups in total. The predicted octanol–water partition coefficient (Wildman–Crippen LogP) is 1.82. The van der Waals surface area contributed by atoms with Crippen molar-refractivity contribution in [2.75, 3.05) is 19.6 Å². The zero-order chi connectivity index (χ0) is 15.2. The summed E-state index contributed by atoms with van der Waals surface area (Å²) < 4.78 is 41.6. The van der Waals surface area contributed by atoms with Gasteiger partial charge in [-0.3, -0.25) is 0 Å². The largest absolute Gasteiger partial charge is 0.302 e. The molecule has 4 rings (SSSR count). The molecule has 0 spiro atoms. The first kappa shape index (κ1) is 14.9. The van der Waals surface area contributed by atoms with E-state index >= 15 is 0 Å². The van der Waals surface area contributed by atoms with Crippen LogP contribution >= 0.6 is 0 Å². The van der Waals surface area contributed by atoms with Crippen LogP contribution in [-0.4, -0.2) is 39.0 Å². The van der Waals surface area contributed by atoms with Crippen molar-refractivity contribution in [1.82, 2.24) is 9.62 Å². The quantitative estimate of drug-likeness (QED) is 0.926. The molecule has 0 aliphatic carbocycles. The highest BCUT2D eigenvalue weighted by Gasteiger charge is 2.37. The summed E-state index contributed by atoms with van der Waals surface area (Å²) in [6.45, 7) is 6.19. The van der Waals surface area contributed by atoms with E-state index in [1.807, 2.05) is 0 Å². The molecule has 1 aromatic rings. The number of piperidine rings is 3. The maximum atomic E-state index is 13.4. The fourth-order valence-electron chi connectivity index (χ4n) is 3.68. The second kappa shape index (κ2) is 5.34. The van der Waals surface area contributed by atoms with Gasteiger partial charge in [-0.05, 0) is 69.0 Å². The molecule has 3 aliphatic heterocycles. The van der Waals surface area contributed by atoms with Gasteiger partial charge < -0.3 is 4.90 Å². The van der Waals surface area contributed by atoms with Crippen LogP contribution in [0.1, 0.15) is 24.0 Å². The molecule has 116 valence electrons. The molecule has 3 aliphatic rings. The van der Waals surface area contributed by atoms with E-state index in [0.29, 0.717) is 17.0 Å². The minimum absolute atomic E-state index is 0.0265. The van der Waals surface area contributed by atoms with Gasteiger partial charge in [0.25, 0.3) is 0 Å². The van der Waals surface area contributed by atoms with Crippen LogP contribution in [-0.2, 0) is 10.0 Å². The van der Waals surface area contributed by atoms with Crippen LogP contribution in [0.4, 0.5) is 4.39 Å². The van der Waals surface area contributed by atoms with Gasteiger partial charge in [-0.25, -0.2) is 17.5 Å². The third-order valence-electron chi connectivity index (χ3n) is 4.66. The van der Waals surface area contributed by atoms with Crippen LogP contribution in [0.25, 0.3) is 0 Å². The Hall–Kier alpha value is -0.980. The maximum Gasteiger partial charge on any atom is 0.241 e. The van der Waals surface area contributed by atoms with Crippen molar-refractivity contribution >= 4 is 10.0 Å². The summed E-state index contributed by atoms with van der Waals surface area (Å²) in [5.41, 5.74) is 0.919. The zero-order valence-electron chi connectivity index (χ0n) is 12.4. The molecule has 0 amide bonds. The first-order valence-corrected chi connectivity index (χ1v) is 8.86. The van der Waals surface area contributed by atoms with Crippen molar-refractivity contribution in [2.24, 2.45) is 5.92 Å². The van der Waals surface area contributed by atoms with E-state index in [1.165, 1.54) is 12.1 Å². The Balaban J connectivity index is 1.88. The minimum Gasteiger partial charge on any atom is -0.302 e. The molecule has 1 unspecified atom stereocenters. The molecular weight excluding hydrogens is 291 g/mol. The molecule has 1 atom stereocenters. The molecule has 3 heterocycles. The highest BCUT2D eigenvalue weighted by Crippen LogP contribution is 2.29. The Morgan fingerprint density at radius 3 is 2.24 bits per heavy atom. The average molecular weight is 312 g/mol. The Kier molecular flexibility index (Phi) is 3.80. The number of aryl methyl sites for hydroxylation is 2. The van der Waals surface area contributed by atoms with E-state index in [9.17, 15) is 12.8 Å². The molecule has 0 aromatic heterocycles. The van der Waals surface area contributed by atoms with Gasteiger partial charge in [0.2, 0.25) is 10.0 Å². The average Bonchev–Trinajstić information content (AvgIpc) is 2.37. The van der Waals surface area contributed by atoms with Crippen molar-refractivity contribution in [3.05, 3.63) is 29.1 Å². The summed E-state index contributed by atoms with van der Waals surface area (Å²) in [5, 5.41) is 0. The highest BCUT2D eigenvalue weighted by molar-refractivity contribution is 7.89. The molecule has 21 heavy (non-hydrogen) atoms. The van der Waals surface area contributed by atoms with E-state index in [2.05, 4.69) is 9.62 Å². The van der Waals surface area contributed by atoms with Gasteiger partial charge in [-0.1, -0.05) is 0 Å². The molecule has 6 heteroatoms. The van der Waals surface area contributed by atoms with Crippen molar-refractivity contribution in [1.29, 1.82) is 0 Å². The zero-order valence-corrected chi connectivity index (χ0v) is 13.2. The van der Waals surface area contributed by atoms with Crippen LogP contribution in [0.15, 0.2) is 17.0 Å². The lowest BCUT2D eigenvalue weighted by Gasteiger charge is -2.44. The second-order valence-electron chi connectivity index (χ2n) is 6.23. The minimum atomic E-state index is -3.60. The van der Waals surface area contributed by atoms with Crippen LogP contribution in [0.5, 0.6) is 0 Å². The third kappa shape index (κ3) is 2.84. The van der Waals surface area contributed by atoms with Gasteiger partial charge >= 0.3 is 0 Å². The van der Waals surface area contributed by atoms with Gasteiger partial charge in [-0.2, -0.15) is 0 Å². The van der Waals surface area contributed by atoms with Gasteiger partial charge in [-0.15, -0.1) is 0 Å². The normalized spacial score (nSPS) is 28.8. The van der Waals surface area contributed by atoms with E-state index < -0.39 is 15.8 Å². The highest BCUT2D eigenvalue weighted by atomic mass is 32.2.